The number of ether oxygens (including phenoxy) is 1. The summed E-state index contributed by atoms with van der Waals surface area (Å²) >= 11 is 0. The minimum Gasteiger partial charge on any atom is -0.456 e. The summed E-state index contributed by atoms with van der Waals surface area (Å²) in [5, 5.41) is 10.2. The normalized spacial score (nSPS) is 28.9. The van der Waals surface area contributed by atoms with Crippen molar-refractivity contribution in [1.82, 2.24) is 4.90 Å². The molecule has 0 aliphatic carbocycles. The second-order valence-corrected chi connectivity index (χ2v) is 5.64. The van der Waals surface area contributed by atoms with E-state index in [4.69, 9.17) is 4.74 Å². The van der Waals surface area contributed by atoms with Gasteiger partial charge in [0, 0.05) is 13.0 Å². The number of carbonyl (C=O) groups excluding carboxylic acids is 2. The Bertz CT molecular complexity index is 530. The van der Waals surface area contributed by atoms with Crippen molar-refractivity contribution in [2.75, 3.05) is 6.54 Å². The van der Waals surface area contributed by atoms with Crippen LogP contribution in [0.5, 0.6) is 0 Å². The number of esters is 1. The fourth-order valence-electron chi connectivity index (χ4n) is 3.23. The summed E-state index contributed by atoms with van der Waals surface area (Å²) in [6.45, 7) is 0.639. The van der Waals surface area contributed by atoms with Gasteiger partial charge in [-0.2, -0.15) is 0 Å². The number of amides is 1. The lowest BCUT2D eigenvalue weighted by atomic mass is 9.88. The van der Waals surface area contributed by atoms with Gasteiger partial charge in [-0.3, -0.25) is 4.79 Å². The first-order valence-corrected chi connectivity index (χ1v) is 7.40. The molecular weight excluding hydrogens is 270 g/mol. The highest BCUT2D eigenvalue weighted by molar-refractivity contribution is 5.89. The second kappa shape index (κ2) is 5.85. The Morgan fingerprint density at radius 3 is 2.76 bits per heavy atom. The summed E-state index contributed by atoms with van der Waals surface area (Å²) in [4.78, 5) is 25.8. The minimum absolute atomic E-state index is 0.0470. The van der Waals surface area contributed by atoms with Crippen molar-refractivity contribution in [1.29, 1.82) is 0 Å². The number of rotatable bonds is 2. The Hall–Kier alpha value is -1.88. The van der Waals surface area contributed by atoms with E-state index in [1.807, 2.05) is 6.07 Å². The predicted molar refractivity (Wildman–Crippen MR) is 75.6 cm³/mol. The molecule has 5 nitrogen and oxygen atoms in total. The van der Waals surface area contributed by atoms with E-state index in [2.05, 4.69) is 0 Å². The lowest BCUT2D eigenvalue weighted by Crippen LogP contribution is -2.60. The van der Waals surface area contributed by atoms with E-state index in [9.17, 15) is 14.7 Å². The number of carbonyl (C=O) groups is 2. The number of aliphatic hydroxyl groups is 1. The number of nitrogens with zero attached hydrogens (tertiary/aromatic N) is 1. The molecular formula is C16H19NO4. The Labute approximate surface area is 123 Å². The first-order valence-electron chi connectivity index (χ1n) is 7.40. The second-order valence-electron chi connectivity index (χ2n) is 5.64. The van der Waals surface area contributed by atoms with Gasteiger partial charge in [-0.25, -0.2) is 4.79 Å². The van der Waals surface area contributed by atoms with E-state index < -0.39 is 24.2 Å². The molecule has 3 atom stereocenters. The molecule has 0 radical (unpaired) electrons. The molecule has 112 valence electrons. The molecule has 1 amide bonds. The Balaban J connectivity index is 1.75. The zero-order chi connectivity index (χ0) is 14.8. The van der Waals surface area contributed by atoms with Gasteiger partial charge in [0.25, 0.3) is 0 Å². The summed E-state index contributed by atoms with van der Waals surface area (Å²) in [6, 6.07) is 8.40. The summed E-state index contributed by atoms with van der Waals surface area (Å²) in [7, 11) is 0. The third-order valence-corrected chi connectivity index (χ3v) is 4.26. The smallest absolute Gasteiger partial charge is 0.338 e. The summed E-state index contributed by atoms with van der Waals surface area (Å²) < 4.78 is 5.57. The topological polar surface area (TPSA) is 66.8 Å². The molecule has 2 heterocycles. The Morgan fingerprint density at radius 2 is 2.00 bits per heavy atom. The maximum atomic E-state index is 12.2. The zero-order valence-corrected chi connectivity index (χ0v) is 11.8. The van der Waals surface area contributed by atoms with Gasteiger partial charge < -0.3 is 14.7 Å². The van der Waals surface area contributed by atoms with Crippen LogP contribution in [0.25, 0.3) is 0 Å². The van der Waals surface area contributed by atoms with Crippen LogP contribution in [0.2, 0.25) is 0 Å². The van der Waals surface area contributed by atoms with E-state index >= 15 is 0 Å². The molecule has 0 saturated carbocycles. The van der Waals surface area contributed by atoms with Crippen molar-refractivity contribution in [3.8, 4) is 0 Å². The maximum absolute atomic E-state index is 12.2. The van der Waals surface area contributed by atoms with Crippen LogP contribution in [-0.2, 0) is 9.53 Å². The molecule has 0 bridgehead atoms. The van der Waals surface area contributed by atoms with Crippen LogP contribution in [-0.4, -0.2) is 46.7 Å². The van der Waals surface area contributed by atoms with Crippen LogP contribution >= 0.6 is 0 Å². The SMILES string of the molecule is O=C(O[C@H]1CCC(=O)N2CCC[C@@H](O)[C@H]12)c1ccccc1. The van der Waals surface area contributed by atoms with E-state index in [0.29, 0.717) is 31.4 Å². The first-order chi connectivity index (χ1) is 10.2. The fraction of sp³-hybridized carbons (Fsp3) is 0.500. The van der Waals surface area contributed by atoms with Crippen molar-refractivity contribution in [3.63, 3.8) is 0 Å². The number of benzene rings is 1. The number of hydrogen-bond acceptors (Lipinski definition) is 4. The summed E-state index contributed by atoms with van der Waals surface area (Å²) in [5.74, 6) is -0.349. The summed E-state index contributed by atoms with van der Waals surface area (Å²) in [6.07, 6.45) is 1.25. The van der Waals surface area contributed by atoms with Crippen molar-refractivity contribution in [2.45, 2.75) is 43.9 Å². The van der Waals surface area contributed by atoms with Crippen molar-refractivity contribution >= 4 is 11.9 Å². The van der Waals surface area contributed by atoms with E-state index in [1.54, 1.807) is 29.2 Å². The van der Waals surface area contributed by atoms with Crippen LogP contribution in [0.1, 0.15) is 36.0 Å². The molecule has 2 aliphatic heterocycles. The van der Waals surface area contributed by atoms with Crippen LogP contribution in [0.4, 0.5) is 0 Å². The molecule has 0 aromatic heterocycles. The van der Waals surface area contributed by atoms with E-state index in [1.165, 1.54) is 0 Å². The van der Waals surface area contributed by atoms with Gasteiger partial charge in [0.15, 0.2) is 0 Å². The van der Waals surface area contributed by atoms with Gasteiger partial charge in [-0.15, -0.1) is 0 Å². The highest BCUT2D eigenvalue weighted by Crippen LogP contribution is 2.30. The average Bonchev–Trinajstić information content (AvgIpc) is 2.51. The number of fused-ring (bicyclic) bond motifs is 1. The average molecular weight is 289 g/mol. The van der Waals surface area contributed by atoms with Crippen molar-refractivity contribution in [3.05, 3.63) is 35.9 Å². The third kappa shape index (κ3) is 2.78. The number of hydrogen-bond donors (Lipinski definition) is 1. The van der Waals surface area contributed by atoms with Gasteiger partial charge in [0.05, 0.1) is 17.7 Å². The number of piperidine rings is 2. The van der Waals surface area contributed by atoms with Crippen molar-refractivity contribution < 1.29 is 19.4 Å². The number of aliphatic hydroxyl groups excluding tert-OH is 1. The molecule has 1 N–H and O–H groups in total. The lowest BCUT2D eigenvalue weighted by Gasteiger charge is -2.45. The van der Waals surface area contributed by atoms with E-state index in [0.717, 1.165) is 6.42 Å². The zero-order valence-electron chi connectivity index (χ0n) is 11.8. The predicted octanol–water partition coefficient (Wildman–Crippen LogP) is 1.36. The first kappa shape index (κ1) is 14.1. The Kier molecular flexibility index (Phi) is 3.92. The largest absolute Gasteiger partial charge is 0.456 e. The fourth-order valence-corrected chi connectivity index (χ4v) is 3.23. The standard InChI is InChI=1S/C16H19NO4/c18-12-7-4-10-17-14(19)9-8-13(15(12)17)21-16(20)11-5-2-1-3-6-11/h1-3,5-6,12-13,15,18H,4,7-10H2/t12-,13+,15-/m1/s1. The van der Waals surface area contributed by atoms with Gasteiger partial charge in [-0.05, 0) is 31.4 Å². The molecule has 0 unspecified atom stereocenters. The minimum atomic E-state index is -0.614. The molecule has 2 aliphatic rings. The Morgan fingerprint density at radius 1 is 1.24 bits per heavy atom. The lowest BCUT2D eigenvalue weighted by molar-refractivity contribution is -0.152. The molecule has 0 spiro atoms. The van der Waals surface area contributed by atoms with E-state index in [-0.39, 0.29) is 5.91 Å². The van der Waals surface area contributed by atoms with Gasteiger partial charge in [-0.1, -0.05) is 18.2 Å². The monoisotopic (exact) mass is 289 g/mol. The molecule has 2 saturated heterocycles. The molecule has 5 heteroatoms. The van der Waals surface area contributed by atoms with Gasteiger partial charge in [0.1, 0.15) is 6.10 Å². The van der Waals surface area contributed by atoms with Crippen LogP contribution in [0.3, 0.4) is 0 Å². The van der Waals surface area contributed by atoms with Crippen LogP contribution < -0.4 is 0 Å². The van der Waals surface area contributed by atoms with Gasteiger partial charge >= 0.3 is 5.97 Å². The highest BCUT2D eigenvalue weighted by atomic mass is 16.5. The van der Waals surface area contributed by atoms with Gasteiger partial charge in [0.2, 0.25) is 5.91 Å². The highest BCUT2D eigenvalue weighted by Gasteiger charge is 2.44. The maximum Gasteiger partial charge on any atom is 0.338 e. The molecule has 3 rings (SSSR count). The quantitative estimate of drug-likeness (QED) is 0.835. The molecule has 21 heavy (non-hydrogen) atoms. The van der Waals surface area contributed by atoms with Crippen LogP contribution in [0.15, 0.2) is 30.3 Å². The van der Waals surface area contributed by atoms with Crippen LogP contribution in [0, 0.1) is 0 Å². The summed E-state index contributed by atoms with van der Waals surface area (Å²) in [5.41, 5.74) is 0.492. The van der Waals surface area contributed by atoms with Crippen molar-refractivity contribution in [2.24, 2.45) is 0 Å². The molecule has 1 aromatic rings. The molecule has 2 fully saturated rings. The third-order valence-electron chi connectivity index (χ3n) is 4.26. The molecule has 1 aromatic carbocycles.